The molecular weight excluding hydrogens is 224 g/mol. The molecular formula is C16H32O2. The Bertz CT molecular complexity index is 216. The van der Waals surface area contributed by atoms with E-state index < -0.39 is 0 Å². The van der Waals surface area contributed by atoms with Crippen LogP contribution in [-0.2, 0) is 9.53 Å². The van der Waals surface area contributed by atoms with Crippen LogP contribution >= 0.6 is 0 Å². The lowest BCUT2D eigenvalue weighted by Crippen LogP contribution is -2.36. The molecule has 0 saturated heterocycles. The topological polar surface area (TPSA) is 26.3 Å². The highest BCUT2D eigenvalue weighted by Gasteiger charge is 2.30. The van der Waals surface area contributed by atoms with Crippen LogP contribution in [0.5, 0.6) is 0 Å². The predicted octanol–water partition coefficient (Wildman–Crippen LogP) is 4.76. The third-order valence-corrected chi connectivity index (χ3v) is 3.34. The van der Waals surface area contributed by atoms with Crippen molar-refractivity contribution in [2.45, 2.75) is 85.2 Å². The van der Waals surface area contributed by atoms with Crippen molar-refractivity contribution in [1.29, 1.82) is 0 Å². The Hall–Kier alpha value is -0.370. The van der Waals surface area contributed by atoms with E-state index in [1.54, 1.807) is 7.11 Å². The smallest absolute Gasteiger partial charge is 0.162 e. The molecule has 18 heavy (non-hydrogen) atoms. The van der Waals surface area contributed by atoms with Crippen molar-refractivity contribution in [3.05, 3.63) is 0 Å². The largest absolute Gasteiger partial charge is 0.373 e. The van der Waals surface area contributed by atoms with Gasteiger partial charge in [-0.15, -0.1) is 0 Å². The van der Waals surface area contributed by atoms with Gasteiger partial charge in [0, 0.05) is 13.5 Å². The zero-order valence-corrected chi connectivity index (χ0v) is 13.1. The number of ether oxygens (including phenoxy) is 1. The maximum Gasteiger partial charge on any atom is 0.162 e. The van der Waals surface area contributed by atoms with E-state index in [1.807, 2.05) is 0 Å². The molecule has 0 bridgehead atoms. The Balaban J connectivity index is 3.69. The summed E-state index contributed by atoms with van der Waals surface area (Å²) in [6.45, 7) is 8.41. The lowest BCUT2D eigenvalue weighted by Gasteiger charge is -2.28. The maximum absolute atomic E-state index is 12.0. The standard InChI is InChI=1S/C16H32O2/c1-6-7-8-9-10-11-12-13-14(17)15(18-5)16(2,3)4/h15H,6-13H2,1-5H3. The maximum atomic E-state index is 12.0. The van der Waals surface area contributed by atoms with Gasteiger partial charge in [-0.2, -0.15) is 0 Å². The molecule has 0 aromatic carbocycles. The van der Waals surface area contributed by atoms with Gasteiger partial charge in [-0.3, -0.25) is 4.79 Å². The van der Waals surface area contributed by atoms with Crippen molar-refractivity contribution >= 4 is 5.78 Å². The third kappa shape index (κ3) is 7.86. The van der Waals surface area contributed by atoms with Gasteiger partial charge in [0.2, 0.25) is 0 Å². The zero-order valence-electron chi connectivity index (χ0n) is 13.1. The summed E-state index contributed by atoms with van der Waals surface area (Å²) in [6.07, 6.45) is 9.16. The van der Waals surface area contributed by atoms with Gasteiger partial charge in [-0.25, -0.2) is 0 Å². The monoisotopic (exact) mass is 256 g/mol. The van der Waals surface area contributed by atoms with Crippen molar-refractivity contribution in [2.24, 2.45) is 5.41 Å². The quantitative estimate of drug-likeness (QED) is 0.527. The van der Waals surface area contributed by atoms with Gasteiger partial charge in [0.25, 0.3) is 0 Å². The minimum Gasteiger partial charge on any atom is -0.373 e. The summed E-state index contributed by atoms with van der Waals surface area (Å²) in [5.41, 5.74) is -0.0903. The van der Waals surface area contributed by atoms with Crippen LogP contribution in [0, 0.1) is 5.41 Å². The number of hydrogen-bond acceptors (Lipinski definition) is 2. The number of ketones is 1. The Morgan fingerprint density at radius 2 is 1.50 bits per heavy atom. The molecule has 0 aliphatic rings. The molecule has 108 valence electrons. The zero-order chi connectivity index (χ0) is 14.0. The molecule has 0 heterocycles. The molecule has 0 rings (SSSR count). The molecule has 0 aliphatic carbocycles. The molecule has 0 fully saturated rings. The number of carbonyl (C=O) groups excluding carboxylic acids is 1. The molecule has 0 saturated carbocycles. The van der Waals surface area contributed by atoms with E-state index in [1.165, 1.54) is 38.5 Å². The molecule has 1 unspecified atom stereocenters. The predicted molar refractivity (Wildman–Crippen MR) is 77.9 cm³/mol. The minimum atomic E-state index is -0.252. The second-order valence-electron chi connectivity index (χ2n) is 6.32. The van der Waals surface area contributed by atoms with E-state index in [-0.39, 0.29) is 17.3 Å². The van der Waals surface area contributed by atoms with Crippen LogP contribution in [0.15, 0.2) is 0 Å². The summed E-state index contributed by atoms with van der Waals surface area (Å²) in [5.74, 6) is 0.263. The normalized spacial score (nSPS) is 13.6. The van der Waals surface area contributed by atoms with Crippen LogP contribution in [0.25, 0.3) is 0 Å². The minimum absolute atomic E-state index is 0.0903. The molecule has 0 aliphatic heterocycles. The SMILES string of the molecule is CCCCCCCCCC(=O)C(OC)C(C)(C)C. The van der Waals surface area contributed by atoms with E-state index in [9.17, 15) is 4.79 Å². The molecule has 0 aromatic heterocycles. The van der Waals surface area contributed by atoms with Crippen LogP contribution in [0.2, 0.25) is 0 Å². The van der Waals surface area contributed by atoms with E-state index in [2.05, 4.69) is 27.7 Å². The second kappa shape index (κ2) is 9.55. The van der Waals surface area contributed by atoms with Crippen molar-refractivity contribution < 1.29 is 9.53 Å². The van der Waals surface area contributed by atoms with Crippen LogP contribution < -0.4 is 0 Å². The van der Waals surface area contributed by atoms with Crippen LogP contribution in [0.3, 0.4) is 0 Å². The fourth-order valence-corrected chi connectivity index (χ4v) is 2.36. The summed E-state index contributed by atoms with van der Waals surface area (Å²) in [7, 11) is 1.64. The number of methoxy groups -OCH3 is 1. The lowest BCUT2D eigenvalue weighted by molar-refractivity contribution is -0.135. The Morgan fingerprint density at radius 1 is 1.00 bits per heavy atom. The molecule has 0 radical (unpaired) electrons. The third-order valence-electron chi connectivity index (χ3n) is 3.34. The van der Waals surface area contributed by atoms with Gasteiger partial charge in [-0.05, 0) is 11.8 Å². The first-order chi connectivity index (χ1) is 8.43. The summed E-state index contributed by atoms with van der Waals surface area (Å²) < 4.78 is 5.34. The first-order valence-electron chi connectivity index (χ1n) is 7.49. The number of unbranched alkanes of at least 4 members (excludes halogenated alkanes) is 6. The number of carbonyl (C=O) groups is 1. The number of hydrogen-bond donors (Lipinski definition) is 0. The molecule has 0 spiro atoms. The summed E-state index contributed by atoms with van der Waals surface area (Å²) in [4.78, 5) is 12.0. The molecule has 0 aromatic rings. The summed E-state index contributed by atoms with van der Waals surface area (Å²) >= 11 is 0. The van der Waals surface area contributed by atoms with Gasteiger partial charge in [0.1, 0.15) is 6.10 Å². The Morgan fingerprint density at radius 3 is 1.94 bits per heavy atom. The highest BCUT2D eigenvalue weighted by atomic mass is 16.5. The van der Waals surface area contributed by atoms with E-state index in [4.69, 9.17) is 4.74 Å². The van der Waals surface area contributed by atoms with Crippen molar-refractivity contribution in [3.63, 3.8) is 0 Å². The lowest BCUT2D eigenvalue weighted by atomic mass is 9.85. The van der Waals surface area contributed by atoms with Gasteiger partial charge >= 0.3 is 0 Å². The van der Waals surface area contributed by atoms with Gasteiger partial charge in [-0.1, -0.05) is 66.2 Å². The van der Waals surface area contributed by atoms with E-state index >= 15 is 0 Å². The summed E-state index contributed by atoms with van der Waals surface area (Å²) in [5, 5.41) is 0. The first-order valence-corrected chi connectivity index (χ1v) is 7.49. The molecule has 2 heteroatoms. The average molecular weight is 256 g/mol. The van der Waals surface area contributed by atoms with Crippen molar-refractivity contribution in [2.75, 3.05) is 7.11 Å². The van der Waals surface area contributed by atoms with Gasteiger partial charge < -0.3 is 4.74 Å². The highest BCUT2D eigenvalue weighted by Crippen LogP contribution is 2.24. The second-order valence-corrected chi connectivity index (χ2v) is 6.32. The highest BCUT2D eigenvalue weighted by molar-refractivity contribution is 5.83. The number of rotatable bonds is 10. The fourth-order valence-electron chi connectivity index (χ4n) is 2.36. The van der Waals surface area contributed by atoms with Gasteiger partial charge in [0.15, 0.2) is 5.78 Å². The molecule has 0 N–H and O–H groups in total. The number of Topliss-reactive ketones (excluding diaryl/α,β-unsaturated/α-hetero) is 1. The average Bonchev–Trinajstić information content (AvgIpc) is 2.27. The fraction of sp³-hybridized carbons (Fsp3) is 0.938. The Labute approximate surface area is 113 Å². The van der Waals surface area contributed by atoms with Crippen LogP contribution in [0.1, 0.15) is 79.1 Å². The first kappa shape index (κ1) is 17.6. The molecule has 0 amide bonds. The van der Waals surface area contributed by atoms with Crippen LogP contribution in [-0.4, -0.2) is 19.0 Å². The molecule has 1 atom stereocenters. The Kier molecular flexibility index (Phi) is 9.35. The van der Waals surface area contributed by atoms with E-state index in [0.29, 0.717) is 6.42 Å². The van der Waals surface area contributed by atoms with Crippen LogP contribution in [0.4, 0.5) is 0 Å². The van der Waals surface area contributed by atoms with Crippen molar-refractivity contribution in [1.82, 2.24) is 0 Å². The summed E-state index contributed by atoms with van der Waals surface area (Å²) in [6, 6.07) is 0. The molecule has 2 nitrogen and oxygen atoms in total. The van der Waals surface area contributed by atoms with Gasteiger partial charge in [0.05, 0.1) is 0 Å². The van der Waals surface area contributed by atoms with E-state index in [0.717, 1.165) is 6.42 Å². The van der Waals surface area contributed by atoms with Crippen molar-refractivity contribution in [3.8, 4) is 0 Å².